The van der Waals surface area contributed by atoms with E-state index in [9.17, 15) is 5.11 Å². The van der Waals surface area contributed by atoms with E-state index in [1.54, 1.807) is 6.08 Å². The molecule has 0 bridgehead atoms. The summed E-state index contributed by atoms with van der Waals surface area (Å²) in [5.74, 6) is 0. The van der Waals surface area contributed by atoms with Gasteiger partial charge in [-0.2, -0.15) is 0 Å². The first-order valence-corrected chi connectivity index (χ1v) is 7.27. The van der Waals surface area contributed by atoms with E-state index >= 15 is 0 Å². The van der Waals surface area contributed by atoms with Gasteiger partial charge in [0.1, 0.15) is 0 Å². The van der Waals surface area contributed by atoms with Crippen LogP contribution >= 0.6 is 15.9 Å². The number of aliphatic hydroxyl groups excluding tert-OH is 2. The predicted octanol–water partition coefficient (Wildman–Crippen LogP) is 3.54. The van der Waals surface area contributed by atoms with Crippen LogP contribution in [0.3, 0.4) is 0 Å². The monoisotopic (exact) mass is 332 g/mol. The van der Waals surface area contributed by atoms with Crippen LogP contribution in [0.15, 0.2) is 53.0 Å². The molecule has 0 fully saturated rings. The van der Waals surface area contributed by atoms with Crippen molar-refractivity contribution in [3.63, 3.8) is 0 Å². The lowest BCUT2D eigenvalue weighted by Crippen LogP contribution is -1.97. The Morgan fingerprint density at radius 1 is 0.950 bits per heavy atom. The minimum atomic E-state index is 0.0145. The van der Waals surface area contributed by atoms with Gasteiger partial charge in [0.05, 0.1) is 13.2 Å². The minimum Gasteiger partial charge on any atom is -0.392 e. The number of benzene rings is 2. The molecule has 0 radical (unpaired) electrons. The van der Waals surface area contributed by atoms with Gasteiger partial charge in [0.25, 0.3) is 0 Å². The Morgan fingerprint density at radius 2 is 1.75 bits per heavy atom. The van der Waals surface area contributed by atoms with Gasteiger partial charge in [0.2, 0.25) is 0 Å². The lowest BCUT2D eigenvalue weighted by molar-refractivity contribution is 0.281. The molecule has 0 aromatic heterocycles. The number of hydrogen-bond acceptors (Lipinski definition) is 2. The maximum absolute atomic E-state index is 9.53. The average Bonchev–Trinajstić information content (AvgIpc) is 2.48. The fourth-order valence-electron chi connectivity index (χ4n) is 2.10. The van der Waals surface area contributed by atoms with E-state index in [0.29, 0.717) is 0 Å². The second-order valence-electron chi connectivity index (χ2n) is 4.54. The molecular weight excluding hydrogens is 316 g/mol. The smallest absolute Gasteiger partial charge is 0.0684 e. The lowest BCUT2D eigenvalue weighted by Gasteiger charge is -2.10. The highest BCUT2D eigenvalue weighted by Gasteiger charge is 2.06. The summed E-state index contributed by atoms with van der Waals surface area (Å²) < 4.78 is 1.08. The van der Waals surface area contributed by atoms with Crippen LogP contribution in [0.25, 0.3) is 6.08 Å². The number of hydrogen-bond donors (Lipinski definition) is 2. The van der Waals surface area contributed by atoms with Crippen LogP contribution in [0.1, 0.15) is 22.3 Å². The second-order valence-corrected chi connectivity index (χ2v) is 5.39. The van der Waals surface area contributed by atoms with Gasteiger partial charge in [-0.25, -0.2) is 0 Å². The molecule has 0 heterocycles. The van der Waals surface area contributed by atoms with E-state index in [-0.39, 0.29) is 13.2 Å². The molecule has 2 N–H and O–H groups in total. The summed E-state index contributed by atoms with van der Waals surface area (Å²) in [7, 11) is 0. The highest BCUT2D eigenvalue weighted by atomic mass is 79.9. The zero-order valence-electron chi connectivity index (χ0n) is 11.1. The van der Waals surface area contributed by atoms with Crippen LogP contribution in [-0.4, -0.2) is 16.8 Å². The molecule has 0 saturated carbocycles. The predicted molar refractivity (Wildman–Crippen MR) is 85.4 cm³/mol. The van der Waals surface area contributed by atoms with Crippen molar-refractivity contribution in [1.82, 2.24) is 0 Å². The quantitative estimate of drug-likeness (QED) is 0.879. The van der Waals surface area contributed by atoms with Crippen molar-refractivity contribution in [1.29, 1.82) is 0 Å². The summed E-state index contributed by atoms with van der Waals surface area (Å²) in [6, 6.07) is 14.1. The Bertz CT molecular complexity index is 606. The summed E-state index contributed by atoms with van der Waals surface area (Å²) >= 11 is 3.55. The molecule has 2 aromatic rings. The van der Waals surface area contributed by atoms with E-state index < -0.39 is 0 Å². The number of halogens is 1. The molecule has 2 rings (SSSR count). The Balaban J connectivity index is 2.28. The molecule has 0 atom stereocenters. The molecular formula is C17H17BrO2. The zero-order chi connectivity index (χ0) is 14.4. The van der Waals surface area contributed by atoms with Crippen molar-refractivity contribution in [2.75, 3.05) is 6.61 Å². The third-order valence-electron chi connectivity index (χ3n) is 3.16. The molecule has 0 spiro atoms. The molecule has 2 nitrogen and oxygen atoms in total. The van der Waals surface area contributed by atoms with Crippen LogP contribution in [0, 0.1) is 0 Å². The second kappa shape index (κ2) is 7.39. The number of rotatable bonds is 5. The summed E-state index contributed by atoms with van der Waals surface area (Å²) in [6.07, 6.45) is 4.31. The van der Waals surface area contributed by atoms with E-state index in [4.69, 9.17) is 5.11 Å². The van der Waals surface area contributed by atoms with Crippen LogP contribution < -0.4 is 0 Å². The Morgan fingerprint density at radius 3 is 2.45 bits per heavy atom. The van der Waals surface area contributed by atoms with Crippen LogP contribution in [0.4, 0.5) is 0 Å². The minimum absolute atomic E-state index is 0.0145. The van der Waals surface area contributed by atoms with Gasteiger partial charge < -0.3 is 10.2 Å². The molecule has 0 aliphatic rings. The average molecular weight is 333 g/mol. The van der Waals surface area contributed by atoms with Crippen molar-refractivity contribution < 1.29 is 10.2 Å². The van der Waals surface area contributed by atoms with Crippen molar-refractivity contribution in [3.8, 4) is 0 Å². The van der Waals surface area contributed by atoms with E-state index in [0.717, 1.165) is 27.6 Å². The molecule has 0 aliphatic heterocycles. The summed E-state index contributed by atoms with van der Waals surface area (Å²) in [5.41, 5.74) is 4.21. The van der Waals surface area contributed by atoms with Gasteiger partial charge in [-0.15, -0.1) is 0 Å². The molecule has 3 heteroatoms. The van der Waals surface area contributed by atoms with Gasteiger partial charge in [0, 0.05) is 4.47 Å². The largest absolute Gasteiger partial charge is 0.392 e. The lowest BCUT2D eigenvalue weighted by atomic mass is 9.98. The zero-order valence-corrected chi connectivity index (χ0v) is 12.7. The fourth-order valence-corrected chi connectivity index (χ4v) is 2.53. The molecule has 0 aliphatic carbocycles. The van der Waals surface area contributed by atoms with E-state index in [2.05, 4.69) is 22.0 Å². The van der Waals surface area contributed by atoms with Gasteiger partial charge in [-0.1, -0.05) is 58.4 Å². The topological polar surface area (TPSA) is 40.5 Å². The van der Waals surface area contributed by atoms with Crippen molar-refractivity contribution in [2.45, 2.75) is 13.0 Å². The molecule has 20 heavy (non-hydrogen) atoms. The van der Waals surface area contributed by atoms with Gasteiger partial charge in [-0.3, -0.25) is 0 Å². The highest BCUT2D eigenvalue weighted by molar-refractivity contribution is 9.10. The SMILES string of the molecule is OCC=Cc1ccc(Cc2ccccc2Br)c(CO)c1. The van der Waals surface area contributed by atoms with Crippen molar-refractivity contribution >= 4 is 22.0 Å². The third-order valence-corrected chi connectivity index (χ3v) is 3.93. The van der Waals surface area contributed by atoms with Crippen LogP contribution in [0.2, 0.25) is 0 Å². The highest BCUT2D eigenvalue weighted by Crippen LogP contribution is 2.22. The maximum atomic E-state index is 9.53. The summed E-state index contributed by atoms with van der Waals surface area (Å²) in [5, 5.41) is 18.3. The first kappa shape index (κ1) is 15.0. The standard InChI is InChI=1S/C17H17BrO2/c18-17-6-2-1-5-15(17)11-14-8-7-13(4-3-9-19)10-16(14)12-20/h1-8,10,19-20H,9,11-12H2. The van der Waals surface area contributed by atoms with Gasteiger partial charge in [0.15, 0.2) is 0 Å². The molecule has 2 aromatic carbocycles. The first-order valence-electron chi connectivity index (χ1n) is 6.48. The van der Waals surface area contributed by atoms with Crippen molar-refractivity contribution in [2.24, 2.45) is 0 Å². The maximum Gasteiger partial charge on any atom is 0.0684 e. The summed E-state index contributed by atoms with van der Waals surface area (Å²) in [4.78, 5) is 0. The normalized spacial score (nSPS) is 11.2. The summed E-state index contributed by atoms with van der Waals surface area (Å²) in [6.45, 7) is 0.0355. The van der Waals surface area contributed by atoms with E-state index in [1.807, 2.05) is 42.5 Å². The Kier molecular flexibility index (Phi) is 5.53. The molecule has 0 amide bonds. The molecule has 104 valence electrons. The fraction of sp³-hybridized carbons (Fsp3) is 0.176. The Hall–Kier alpha value is -1.42. The van der Waals surface area contributed by atoms with Crippen LogP contribution in [0.5, 0.6) is 0 Å². The molecule has 0 unspecified atom stereocenters. The Labute approximate surface area is 127 Å². The van der Waals surface area contributed by atoms with Crippen molar-refractivity contribution in [3.05, 3.63) is 75.3 Å². The van der Waals surface area contributed by atoms with Gasteiger partial charge >= 0.3 is 0 Å². The van der Waals surface area contributed by atoms with Crippen LogP contribution in [-0.2, 0) is 13.0 Å². The first-order chi connectivity index (χ1) is 9.74. The third kappa shape index (κ3) is 3.79. The van der Waals surface area contributed by atoms with E-state index in [1.165, 1.54) is 5.56 Å². The number of aliphatic hydroxyl groups is 2. The van der Waals surface area contributed by atoms with Gasteiger partial charge in [-0.05, 0) is 40.8 Å². The molecule has 0 saturated heterocycles.